The lowest BCUT2D eigenvalue weighted by Crippen LogP contribution is -2.46. The Morgan fingerprint density at radius 3 is 2.65 bits per heavy atom. The van der Waals surface area contributed by atoms with Crippen LogP contribution < -0.4 is 14.5 Å². The SMILES string of the molecule is CCN1CC(CN(C)C(=O)c2ccc(N(C)C)nc2)Oc2ccccc21. The van der Waals surface area contributed by atoms with Gasteiger partial charge in [0.05, 0.1) is 24.3 Å². The van der Waals surface area contributed by atoms with Gasteiger partial charge >= 0.3 is 0 Å². The smallest absolute Gasteiger partial charge is 0.255 e. The zero-order valence-corrected chi connectivity index (χ0v) is 15.8. The summed E-state index contributed by atoms with van der Waals surface area (Å²) in [5, 5.41) is 0. The van der Waals surface area contributed by atoms with Gasteiger partial charge in [-0.15, -0.1) is 0 Å². The fourth-order valence-electron chi connectivity index (χ4n) is 3.16. The van der Waals surface area contributed by atoms with Crippen LogP contribution in [0.3, 0.4) is 0 Å². The minimum Gasteiger partial charge on any atom is -0.485 e. The van der Waals surface area contributed by atoms with Crippen LogP contribution in [0.25, 0.3) is 0 Å². The number of rotatable bonds is 5. The van der Waals surface area contributed by atoms with Crippen LogP contribution in [0.4, 0.5) is 11.5 Å². The predicted octanol–water partition coefficient (Wildman–Crippen LogP) is 2.51. The van der Waals surface area contributed by atoms with Gasteiger partial charge in [0.2, 0.25) is 0 Å². The minimum absolute atomic E-state index is 0.0479. The summed E-state index contributed by atoms with van der Waals surface area (Å²) in [4.78, 5) is 22.9. The van der Waals surface area contributed by atoms with E-state index in [1.54, 1.807) is 11.1 Å². The molecular formula is C20H26N4O2. The number of ether oxygens (including phenoxy) is 1. The molecule has 3 rings (SSSR count). The molecule has 0 fully saturated rings. The van der Waals surface area contributed by atoms with Crippen LogP contribution >= 0.6 is 0 Å². The quantitative estimate of drug-likeness (QED) is 0.826. The molecule has 0 saturated carbocycles. The number of nitrogens with zero attached hydrogens (tertiary/aromatic N) is 4. The van der Waals surface area contributed by atoms with Crippen molar-refractivity contribution in [2.75, 3.05) is 50.6 Å². The Balaban J connectivity index is 1.68. The van der Waals surface area contributed by atoms with Gasteiger partial charge < -0.3 is 19.4 Å². The van der Waals surface area contributed by atoms with Crippen LogP contribution in [0.2, 0.25) is 0 Å². The number of pyridine rings is 1. The number of hydrogen-bond acceptors (Lipinski definition) is 5. The van der Waals surface area contributed by atoms with E-state index in [4.69, 9.17) is 4.74 Å². The summed E-state index contributed by atoms with van der Waals surface area (Å²) >= 11 is 0. The van der Waals surface area contributed by atoms with Crippen molar-refractivity contribution in [2.45, 2.75) is 13.0 Å². The van der Waals surface area contributed by atoms with Crippen molar-refractivity contribution in [1.29, 1.82) is 0 Å². The largest absolute Gasteiger partial charge is 0.485 e. The monoisotopic (exact) mass is 354 g/mol. The van der Waals surface area contributed by atoms with Crippen molar-refractivity contribution in [3.8, 4) is 5.75 Å². The highest BCUT2D eigenvalue weighted by molar-refractivity contribution is 5.94. The highest BCUT2D eigenvalue weighted by atomic mass is 16.5. The van der Waals surface area contributed by atoms with Gasteiger partial charge in [-0.3, -0.25) is 4.79 Å². The van der Waals surface area contributed by atoms with Crippen LogP contribution in [0.1, 0.15) is 17.3 Å². The molecule has 1 aromatic heterocycles. The summed E-state index contributed by atoms with van der Waals surface area (Å²) in [6.07, 6.45) is 1.57. The number of fused-ring (bicyclic) bond motifs is 1. The minimum atomic E-state index is -0.0622. The zero-order valence-electron chi connectivity index (χ0n) is 15.8. The van der Waals surface area contributed by atoms with Gasteiger partial charge in [-0.25, -0.2) is 4.98 Å². The maximum Gasteiger partial charge on any atom is 0.255 e. The van der Waals surface area contributed by atoms with Crippen molar-refractivity contribution < 1.29 is 9.53 Å². The summed E-state index contributed by atoms with van der Waals surface area (Å²) in [5.41, 5.74) is 1.70. The molecule has 1 amide bonds. The second kappa shape index (κ2) is 7.64. The van der Waals surface area contributed by atoms with E-state index in [0.717, 1.165) is 30.3 Å². The van der Waals surface area contributed by atoms with E-state index in [-0.39, 0.29) is 12.0 Å². The van der Waals surface area contributed by atoms with Crippen LogP contribution in [0.5, 0.6) is 5.75 Å². The molecule has 0 bridgehead atoms. The molecule has 2 aromatic rings. The first-order chi connectivity index (χ1) is 12.5. The number of amides is 1. The van der Waals surface area contributed by atoms with Crippen molar-refractivity contribution in [2.24, 2.45) is 0 Å². The Bertz CT molecular complexity index is 761. The molecule has 6 heteroatoms. The summed E-state index contributed by atoms with van der Waals surface area (Å²) in [7, 11) is 5.66. The maximum atomic E-state index is 12.7. The number of carbonyl (C=O) groups excluding carboxylic acids is 1. The number of carbonyl (C=O) groups is 1. The zero-order chi connectivity index (χ0) is 18.7. The van der Waals surface area contributed by atoms with Crippen molar-refractivity contribution >= 4 is 17.4 Å². The van der Waals surface area contributed by atoms with Crippen molar-refractivity contribution in [1.82, 2.24) is 9.88 Å². The molecule has 0 N–H and O–H groups in total. The van der Waals surface area contributed by atoms with E-state index in [0.29, 0.717) is 12.1 Å². The third kappa shape index (κ3) is 3.74. The van der Waals surface area contributed by atoms with Gasteiger partial charge in [-0.2, -0.15) is 0 Å². The molecule has 1 aliphatic rings. The average Bonchev–Trinajstić information content (AvgIpc) is 2.66. The summed E-state index contributed by atoms with van der Waals surface area (Å²) in [6, 6.07) is 11.7. The molecule has 26 heavy (non-hydrogen) atoms. The molecule has 2 heterocycles. The molecular weight excluding hydrogens is 328 g/mol. The molecule has 0 spiro atoms. The lowest BCUT2D eigenvalue weighted by Gasteiger charge is -2.37. The van der Waals surface area contributed by atoms with E-state index in [1.165, 1.54) is 0 Å². The first-order valence-corrected chi connectivity index (χ1v) is 8.89. The van der Waals surface area contributed by atoms with Crippen LogP contribution in [-0.4, -0.2) is 62.7 Å². The second-order valence-corrected chi connectivity index (χ2v) is 6.73. The number of anilines is 2. The number of hydrogen-bond donors (Lipinski definition) is 0. The van der Waals surface area contributed by atoms with Crippen LogP contribution in [-0.2, 0) is 0 Å². The molecule has 1 unspecified atom stereocenters. The molecule has 138 valence electrons. The van der Waals surface area contributed by atoms with Crippen molar-refractivity contribution in [3.63, 3.8) is 0 Å². The van der Waals surface area contributed by atoms with Gasteiger partial charge in [0.1, 0.15) is 17.7 Å². The van der Waals surface area contributed by atoms with E-state index < -0.39 is 0 Å². The van der Waals surface area contributed by atoms with E-state index in [9.17, 15) is 4.79 Å². The van der Waals surface area contributed by atoms with E-state index in [1.807, 2.05) is 56.4 Å². The third-order valence-electron chi connectivity index (χ3n) is 4.58. The highest BCUT2D eigenvalue weighted by Crippen LogP contribution is 2.32. The number of aromatic nitrogens is 1. The topological polar surface area (TPSA) is 48.9 Å². The summed E-state index contributed by atoms with van der Waals surface area (Å²) < 4.78 is 6.11. The number of para-hydroxylation sites is 2. The lowest BCUT2D eigenvalue weighted by atomic mass is 10.1. The summed E-state index contributed by atoms with van der Waals surface area (Å²) in [5.74, 6) is 1.66. The Labute approximate surface area is 155 Å². The summed E-state index contributed by atoms with van der Waals surface area (Å²) in [6.45, 7) is 4.33. The Hall–Kier alpha value is -2.76. The van der Waals surface area contributed by atoms with Gasteiger partial charge in [0.25, 0.3) is 5.91 Å². The van der Waals surface area contributed by atoms with E-state index >= 15 is 0 Å². The lowest BCUT2D eigenvalue weighted by molar-refractivity contribution is 0.0709. The fraction of sp³-hybridized carbons (Fsp3) is 0.400. The van der Waals surface area contributed by atoms with E-state index in [2.05, 4.69) is 22.9 Å². The Morgan fingerprint density at radius 2 is 2.00 bits per heavy atom. The first-order valence-electron chi connectivity index (χ1n) is 8.89. The molecule has 6 nitrogen and oxygen atoms in total. The normalized spacial score (nSPS) is 15.8. The molecule has 1 atom stereocenters. The van der Waals surface area contributed by atoms with Gasteiger partial charge in [-0.1, -0.05) is 12.1 Å². The predicted molar refractivity (Wildman–Crippen MR) is 104 cm³/mol. The number of benzene rings is 1. The molecule has 0 radical (unpaired) electrons. The van der Waals surface area contributed by atoms with Gasteiger partial charge in [-0.05, 0) is 31.2 Å². The van der Waals surface area contributed by atoms with Crippen LogP contribution in [0.15, 0.2) is 42.6 Å². The average molecular weight is 354 g/mol. The fourth-order valence-corrected chi connectivity index (χ4v) is 3.16. The molecule has 0 aliphatic carbocycles. The first kappa shape index (κ1) is 18.0. The Morgan fingerprint density at radius 1 is 1.23 bits per heavy atom. The molecule has 1 aliphatic heterocycles. The maximum absolute atomic E-state index is 12.7. The van der Waals surface area contributed by atoms with Crippen molar-refractivity contribution in [3.05, 3.63) is 48.2 Å². The standard InChI is InChI=1S/C20H26N4O2/c1-5-24-14-16(26-18-9-7-6-8-17(18)24)13-23(4)20(25)15-10-11-19(21-12-15)22(2)3/h6-12,16H,5,13-14H2,1-4H3. The third-order valence-corrected chi connectivity index (χ3v) is 4.58. The van der Waals surface area contributed by atoms with Crippen LogP contribution in [0, 0.1) is 0 Å². The highest BCUT2D eigenvalue weighted by Gasteiger charge is 2.27. The second-order valence-electron chi connectivity index (χ2n) is 6.73. The number of likely N-dealkylation sites (N-methyl/N-ethyl adjacent to an activating group) is 2. The molecule has 0 saturated heterocycles. The van der Waals surface area contributed by atoms with Gasteiger partial charge in [0.15, 0.2) is 0 Å². The van der Waals surface area contributed by atoms with Gasteiger partial charge in [0, 0.05) is 33.9 Å². The Kier molecular flexibility index (Phi) is 5.30. The molecule has 1 aromatic carbocycles.